The normalized spacial score (nSPS) is 16.6. The van der Waals surface area contributed by atoms with E-state index in [4.69, 9.17) is 11.6 Å². The van der Waals surface area contributed by atoms with Gasteiger partial charge in [-0.05, 0) is 29.8 Å². The van der Waals surface area contributed by atoms with Gasteiger partial charge in [0.25, 0.3) is 0 Å². The Morgan fingerprint density at radius 1 is 1.00 bits per heavy atom. The fourth-order valence-corrected chi connectivity index (χ4v) is 2.87. The molecule has 0 spiro atoms. The van der Waals surface area contributed by atoms with E-state index in [0.717, 1.165) is 42.3 Å². The monoisotopic (exact) mass is 310 g/mol. The molecule has 0 bridgehead atoms. The van der Waals surface area contributed by atoms with E-state index in [1.807, 2.05) is 48.5 Å². The van der Waals surface area contributed by atoms with E-state index in [-0.39, 0.29) is 6.04 Å². The van der Waals surface area contributed by atoms with E-state index in [1.54, 1.807) is 0 Å². The predicted molar refractivity (Wildman–Crippen MR) is 92.0 cm³/mol. The summed E-state index contributed by atoms with van der Waals surface area (Å²) in [6.45, 7) is 4.01. The number of hydrogen-bond acceptors (Lipinski definition) is 2. The van der Waals surface area contributed by atoms with Gasteiger partial charge in [-0.2, -0.15) is 0 Å². The van der Waals surface area contributed by atoms with Gasteiger partial charge in [0.15, 0.2) is 0 Å². The summed E-state index contributed by atoms with van der Waals surface area (Å²) >= 11 is 6.17. The number of hydrogen-bond donors (Lipinski definition) is 1. The van der Waals surface area contributed by atoms with Crippen molar-refractivity contribution in [2.24, 2.45) is 0 Å². The number of piperazine rings is 1. The second-order valence-electron chi connectivity index (χ2n) is 5.38. The lowest BCUT2D eigenvalue weighted by Gasteiger charge is -2.32. The SMILES string of the molecule is Clc1cccc(C(C#Cc2ccccc2)N2CCNCC2)c1. The van der Waals surface area contributed by atoms with Crippen molar-refractivity contribution in [3.63, 3.8) is 0 Å². The molecule has 1 unspecified atom stereocenters. The molecule has 1 N–H and O–H groups in total. The minimum absolute atomic E-state index is 0.0843. The molecule has 0 aromatic heterocycles. The molecule has 1 aliphatic heterocycles. The summed E-state index contributed by atoms with van der Waals surface area (Å²) in [7, 11) is 0. The molecule has 1 aliphatic rings. The standard InChI is InChI=1S/C19H19ClN2/c20-18-8-4-7-17(15-18)19(22-13-11-21-12-14-22)10-9-16-5-2-1-3-6-16/h1-8,15,19,21H,11-14H2. The van der Waals surface area contributed by atoms with E-state index in [0.29, 0.717) is 0 Å². The molecule has 2 aromatic carbocycles. The zero-order chi connectivity index (χ0) is 15.2. The molecular formula is C19H19ClN2. The van der Waals surface area contributed by atoms with Gasteiger partial charge in [0, 0.05) is 36.8 Å². The van der Waals surface area contributed by atoms with E-state index in [2.05, 4.69) is 28.1 Å². The van der Waals surface area contributed by atoms with Crippen molar-refractivity contribution in [2.75, 3.05) is 26.2 Å². The Hall–Kier alpha value is -1.79. The van der Waals surface area contributed by atoms with Gasteiger partial charge in [0.1, 0.15) is 0 Å². The van der Waals surface area contributed by atoms with Crippen LogP contribution in [0.15, 0.2) is 54.6 Å². The van der Waals surface area contributed by atoms with Crippen LogP contribution in [-0.2, 0) is 0 Å². The van der Waals surface area contributed by atoms with E-state index < -0.39 is 0 Å². The Balaban J connectivity index is 1.91. The summed E-state index contributed by atoms with van der Waals surface area (Å²) in [5.74, 6) is 6.74. The maximum Gasteiger partial charge on any atom is 0.0975 e. The van der Waals surface area contributed by atoms with Crippen LogP contribution >= 0.6 is 11.6 Å². The maximum atomic E-state index is 6.17. The van der Waals surface area contributed by atoms with Crippen molar-refractivity contribution in [3.8, 4) is 11.8 Å². The Morgan fingerprint density at radius 3 is 2.50 bits per heavy atom. The molecule has 0 amide bonds. The lowest BCUT2D eigenvalue weighted by atomic mass is 10.0. The molecule has 1 heterocycles. The molecule has 0 saturated carbocycles. The molecule has 0 radical (unpaired) electrons. The highest BCUT2D eigenvalue weighted by Crippen LogP contribution is 2.23. The Labute approximate surface area is 137 Å². The molecule has 1 saturated heterocycles. The van der Waals surface area contributed by atoms with Gasteiger partial charge in [0.05, 0.1) is 6.04 Å². The molecule has 0 aliphatic carbocycles. The molecule has 112 valence electrons. The van der Waals surface area contributed by atoms with Crippen LogP contribution in [0, 0.1) is 11.8 Å². The zero-order valence-corrected chi connectivity index (χ0v) is 13.2. The van der Waals surface area contributed by atoms with Crippen LogP contribution in [0.4, 0.5) is 0 Å². The van der Waals surface area contributed by atoms with Crippen LogP contribution in [0.3, 0.4) is 0 Å². The molecule has 22 heavy (non-hydrogen) atoms. The second kappa shape index (κ2) is 7.47. The predicted octanol–water partition coefficient (Wildman–Crippen LogP) is 3.34. The highest BCUT2D eigenvalue weighted by Gasteiger charge is 2.20. The molecule has 1 fully saturated rings. The number of halogens is 1. The molecular weight excluding hydrogens is 292 g/mol. The highest BCUT2D eigenvalue weighted by atomic mass is 35.5. The van der Waals surface area contributed by atoms with Gasteiger partial charge in [-0.25, -0.2) is 0 Å². The summed E-state index contributed by atoms with van der Waals surface area (Å²) in [5.41, 5.74) is 2.21. The molecule has 1 atom stereocenters. The Bertz CT molecular complexity index is 667. The fraction of sp³-hybridized carbons (Fsp3) is 0.263. The number of nitrogens with zero attached hydrogens (tertiary/aromatic N) is 1. The lowest BCUT2D eigenvalue weighted by molar-refractivity contribution is 0.209. The Kier molecular flexibility index (Phi) is 5.13. The van der Waals surface area contributed by atoms with E-state index >= 15 is 0 Å². The number of benzene rings is 2. The second-order valence-corrected chi connectivity index (χ2v) is 5.82. The van der Waals surface area contributed by atoms with Crippen LogP contribution in [-0.4, -0.2) is 31.1 Å². The van der Waals surface area contributed by atoms with Gasteiger partial charge in [-0.3, -0.25) is 4.90 Å². The Morgan fingerprint density at radius 2 is 1.77 bits per heavy atom. The fourth-order valence-electron chi connectivity index (χ4n) is 2.68. The summed E-state index contributed by atoms with van der Waals surface area (Å²) in [5, 5.41) is 4.15. The first-order valence-electron chi connectivity index (χ1n) is 7.60. The molecule has 3 heteroatoms. The van der Waals surface area contributed by atoms with Crippen molar-refractivity contribution in [1.29, 1.82) is 0 Å². The van der Waals surface area contributed by atoms with Crippen molar-refractivity contribution in [1.82, 2.24) is 10.2 Å². The highest BCUT2D eigenvalue weighted by molar-refractivity contribution is 6.30. The summed E-state index contributed by atoms with van der Waals surface area (Å²) in [6, 6.07) is 18.2. The van der Waals surface area contributed by atoms with Crippen LogP contribution in [0.5, 0.6) is 0 Å². The third-order valence-electron chi connectivity index (χ3n) is 3.81. The van der Waals surface area contributed by atoms with Crippen LogP contribution in [0.25, 0.3) is 0 Å². The maximum absolute atomic E-state index is 6.17. The zero-order valence-electron chi connectivity index (χ0n) is 12.4. The van der Waals surface area contributed by atoms with Crippen LogP contribution in [0.1, 0.15) is 17.2 Å². The third kappa shape index (κ3) is 3.90. The van der Waals surface area contributed by atoms with Gasteiger partial charge < -0.3 is 5.32 Å². The molecule has 2 nitrogen and oxygen atoms in total. The van der Waals surface area contributed by atoms with Crippen molar-refractivity contribution < 1.29 is 0 Å². The van der Waals surface area contributed by atoms with Gasteiger partial charge in [-0.15, -0.1) is 0 Å². The molecule has 3 rings (SSSR count). The van der Waals surface area contributed by atoms with Gasteiger partial charge in [0.2, 0.25) is 0 Å². The van der Waals surface area contributed by atoms with Crippen molar-refractivity contribution >= 4 is 11.6 Å². The lowest BCUT2D eigenvalue weighted by Crippen LogP contribution is -2.44. The smallest absolute Gasteiger partial charge is 0.0975 e. The minimum atomic E-state index is 0.0843. The van der Waals surface area contributed by atoms with Crippen LogP contribution in [0.2, 0.25) is 5.02 Å². The first-order valence-corrected chi connectivity index (χ1v) is 7.97. The average molecular weight is 311 g/mol. The topological polar surface area (TPSA) is 15.3 Å². The van der Waals surface area contributed by atoms with Crippen LogP contribution < -0.4 is 5.32 Å². The molecule has 2 aromatic rings. The first kappa shape index (κ1) is 15.1. The average Bonchev–Trinajstić information content (AvgIpc) is 2.57. The van der Waals surface area contributed by atoms with E-state index in [9.17, 15) is 0 Å². The van der Waals surface area contributed by atoms with Crippen molar-refractivity contribution in [3.05, 3.63) is 70.7 Å². The van der Waals surface area contributed by atoms with Crippen molar-refractivity contribution in [2.45, 2.75) is 6.04 Å². The number of rotatable bonds is 2. The van der Waals surface area contributed by atoms with Gasteiger partial charge >= 0.3 is 0 Å². The minimum Gasteiger partial charge on any atom is -0.314 e. The quantitative estimate of drug-likeness (QED) is 0.856. The third-order valence-corrected chi connectivity index (χ3v) is 4.04. The van der Waals surface area contributed by atoms with Gasteiger partial charge in [-0.1, -0.05) is 53.8 Å². The summed E-state index contributed by atoms with van der Waals surface area (Å²) in [6.07, 6.45) is 0. The first-order chi connectivity index (χ1) is 10.8. The van der Waals surface area contributed by atoms with E-state index in [1.165, 1.54) is 0 Å². The number of nitrogens with one attached hydrogen (secondary N) is 1. The summed E-state index contributed by atoms with van der Waals surface area (Å²) < 4.78 is 0. The summed E-state index contributed by atoms with van der Waals surface area (Å²) in [4.78, 5) is 2.41. The largest absolute Gasteiger partial charge is 0.314 e.